The van der Waals surface area contributed by atoms with Gasteiger partial charge in [-0.05, 0) is 18.2 Å². The van der Waals surface area contributed by atoms with E-state index in [-0.39, 0.29) is 27.0 Å². The van der Waals surface area contributed by atoms with Crippen LogP contribution < -0.4 is 5.32 Å². The number of nitrogens with one attached hydrogen (secondary N) is 1. The molecule has 0 fully saturated rings. The molecule has 0 spiro atoms. The lowest BCUT2D eigenvalue weighted by Gasteiger charge is -2.09. The van der Waals surface area contributed by atoms with Crippen molar-refractivity contribution in [1.82, 2.24) is 0 Å². The molecule has 0 aromatic heterocycles. The SMILES string of the molecule is O=C(Nc1c(Cl)cc(Cl)cc1Cl)c1cccc([N+](=O)[O-])c1. The van der Waals surface area contributed by atoms with Gasteiger partial charge < -0.3 is 5.32 Å². The third-order valence-electron chi connectivity index (χ3n) is 2.56. The highest BCUT2D eigenvalue weighted by atomic mass is 35.5. The molecule has 5 nitrogen and oxygen atoms in total. The first kappa shape index (κ1) is 15.6. The van der Waals surface area contributed by atoms with Gasteiger partial charge in [-0.25, -0.2) is 0 Å². The highest BCUT2D eigenvalue weighted by molar-refractivity contribution is 6.42. The summed E-state index contributed by atoms with van der Waals surface area (Å²) in [7, 11) is 0. The Kier molecular flexibility index (Phi) is 4.67. The maximum absolute atomic E-state index is 12.1. The Morgan fingerprint density at radius 1 is 1.10 bits per heavy atom. The van der Waals surface area contributed by atoms with Gasteiger partial charge in [0.15, 0.2) is 0 Å². The third-order valence-corrected chi connectivity index (χ3v) is 3.38. The van der Waals surface area contributed by atoms with Crippen molar-refractivity contribution < 1.29 is 9.72 Å². The Bertz CT molecular complexity index is 711. The van der Waals surface area contributed by atoms with Crippen LogP contribution >= 0.6 is 34.8 Å². The quantitative estimate of drug-likeness (QED) is 0.641. The summed E-state index contributed by atoms with van der Waals surface area (Å²) >= 11 is 17.7. The molecular formula is C13H7Cl3N2O3. The molecule has 0 unspecified atom stereocenters. The van der Waals surface area contributed by atoms with Gasteiger partial charge in [-0.2, -0.15) is 0 Å². The van der Waals surface area contributed by atoms with Crippen LogP contribution in [0.1, 0.15) is 10.4 Å². The highest BCUT2D eigenvalue weighted by Gasteiger charge is 2.15. The molecule has 0 aliphatic carbocycles. The number of nitro groups is 1. The van der Waals surface area contributed by atoms with Gasteiger partial charge >= 0.3 is 0 Å². The van der Waals surface area contributed by atoms with Crippen LogP contribution in [0.5, 0.6) is 0 Å². The number of rotatable bonds is 3. The second-order valence-corrected chi connectivity index (χ2v) is 5.26. The standard InChI is InChI=1S/C13H7Cl3N2O3/c14-8-5-10(15)12(11(16)6-8)17-13(19)7-2-1-3-9(4-7)18(20)21/h1-6H,(H,17,19). The van der Waals surface area contributed by atoms with Crippen LogP contribution in [-0.4, -0.2) is 10.8 Å². The van der Waals surface area contributed by atoms with Crippen LogP contribution in [0.3, 0.4) is 0 Å². The Balaban J connectivity index is 2.30. The van der Waals surface area contributed by atoms with Crippen LogP contribution in [0.2, 0.25) is 15.1 Å². The van der Waals surface area contributed by atoms with Gasteiger partial charge in [0.25, 0.3) is 11.6 Å². The molecule has 8 heteroatoms. The summed E-state index contributed by atoms with van der Waals surface area (Å²) in [4.78, 5) is 22.2. The molecule has 0 radical (unpaired) electrons. The van der Waals surface area contributed by atoms with Crippen molar-refractivity contribution in [2.45, 2.75) is 0 Å². The van der Waals surface area contributed by atoms with E-state index in [1.54, 1.807) is 0 Å². The number of hydrogen-bond acceptors (Lipinski definition) is 3. The highest BCUT2D eigenvalue weighted by Crippen LogP contribution is 2.34. The van der Waals surface area contributed by atoms with E-state index < -0.39 is 10.8 Å². The van der Waals surface area contributed by atoms with Gasteiger partial charge in [-0.3, -0.25) is 14.9 Å². The molecule has 0 saturated heterocycles. The predicted octanol–water partition coefficient (Wildman–Crippen LogP) is 4.81. The second-order valence-electron chi connectivity index (χ2n) is 4.01. The maximum Gasteiger partial charge on any atom is 0.270 e. The van der Waals surface area contributed by atoms with E-state index in [1.807, 2.05) is 0 Å². The van der Waals surface area contributed by atoms with E-state index in [1.165, 1.54) is 30.3 Å². The summed E-state index contributed by atoms with van der Waals surface area (Å²) < 4.78 is 0. The van der Waals surface area contributed by atoms with Crippen LogP contribution in [-0.2, 0) is 0 Å². The van der Waals surface area contributed by atoms with Gasteiger partial charge in [-0.15, -0.1) is 0 Å². The lowest BCUT2D eigenvalue weighted by molar-refractivity contribution is -0.384. The zero-order chi connectivity index (χ0) is 15.6. The number of benzene rings is 2. The summed E-state index contributed by atoms with van der Waals surface area (Å²) in [6.45, 7) is 0. The minimum absolute atomic E-state index is 0.117. The number of anilines is 1. The Morgan fingerprint density at radius 2 is 1.71 bits per heavy atom. The van der Waals surface area contributed by atoms with E-state index in [9.17, 15) is 14.9 Å². The first-order valence-electron chi connectivity index (χ1n) is 5.59. The molecule has 1 amide bonds. The fourth-order valence-electron chi connectivity index (χ4n) is 1.61. The molecular weight excluding hydrogens is 339 g/mol. The molecule has 1 N–H and O–H groups in total. The zero-order valence-electron chi connectivity index (χ0n) is 10.3. The van der Waals surface area contributed by atoms with E-state index >= 15 is 0 Å². The molecule has 0 aliphatic heterocycles. The predicted molar refractivity (Wildman–Crippen MR) is 82.5 cm³/mol. The summed E-state index contributed by atoms with van der Waals surface area (Å²) in [5.74, 6) is -0.565. The van der Waals surface area contributed by atoms with Crippen LogP contribution in [0.15, 0.2) is 36.4 Å². The van der Waals surface area contributed by atoms with Gasteiger partial charge in [0.1, 0.15) is 0 Å². The molecule has 0 heterocycles. The van der Waals surface area contributed by atoms with Crippen molar-refractivity contribution in [3.8, 4) is 0 Å². The lowest BCUT2D eigenvalue weighted by atomic mass is 10.2. The van der Waals surface area contributed by atoms with Crippen LogP contribution in [0, 0.1) is 10.1 Å². The van der Waals surface area contributed by atoms with Gasteiger partial charge in [0.05, 0.1) is 20.7 Å². The monoisotopic (exact) mass is 344 g/mol. The van der Waals surface area contributed by atoms with Gasteiger partial charge in [0.2, 0.25) is 0 Å². The number of amides is 1. The molecule has 0 bridgehead atoms. The summed E-state index contributed by atoms with van der Waals surface area (Å²) in [5.41, 5.74) is 0.126. The second kappa shape index (κ2) is 6.30. The lowest BCUT2D eigenvalue weighted by Crippen LogP contribution is -2.12. The van der Waals surface area contributed by atoms with Gasteiger partial charge in [-0.1, -0.05) is 40.9 Å². The summed E-state index contributed by atoms with van der Waals surface area (Å²) in [6.07, 6.45) is 0. The topological polar surface area (TPSA) is 72.2 Å². The number of carbonyl (C=O) groups excluding carboxylic acids is 1. The van der Waals surface area contributed by atoms with E-state index in [0.29, 0.717) is 5.02 Å². The molecule has 0 aliphatic rings. The van der Waals surface area contributed by atoms with E-state index in [4.69, 9.17) is 34.8 Å². The van der Waals surface area contributed by atoms with Crippen molar-refractivity contribution in [2.75, 3.05) is 5.32 Å². The smallest absolute Gasteiger partial charge is 0.270 e. The van der Waals surface area contributed by atoms with Crippen molar-refractivity contribution in [1.29, 1.82) is 0 Å². The number of nitro benzene ring substituents is 1. The van der Waals surface area contributed by atoms with E-state index in [2.05, 4.69) is 5.32 Å². The average molecular weight is 346 g/mol. The van der Waals surface area contributed by atoms with Crippen molar-refractivity contribution in [3.63, 3.8) is 0 Å². The molecule has 2 rings (SSSR count). The fourth-order valence-corrected chi connectivity index (χ4v) is 2.52. The summed E-state index contributed by atoms with van der Waals surface area (Å²) in [5, 5.41) is 13.9. The minimum Gasteiger partial charge on any atom is -0.319 e. The number of carbonyl (C=O) groups is 1. The van der Waals surface area contributed by atoms with Crippen molar-refractivity contribution in [3.05, 3.63) is 67.1 Å². The first-order valence-corrected chi connectivity index (χ1v) is 6.72. The molecule has 0 atom stereocenters. The molecule has 2 aromatic carbocycles. The first-order chi connectivity index (χ1) is 9.88. The molecule has 0 saturated carbocycles. The number of non-ortho nitro benzene ring substituents is 1. The van der Waals surface area contributed by atoms with Crippen LogP contribution in [0.4, 0.5) is 11.4 Å². The number of halogens is 3. The molecule has 108 valence electrons. The number of nitrogens with zero attached hydrogens (tertiary/aromatic N) is 1. The summed E-state index contributed by atoms with van der Waals surface area (Å²) in [6, 6.07) is 8.17. The zero-order valence-corrected chi connectivity index (χ0v) is 12.5. The Hall–Kier alpha value is -1.82. The minimum atomic E-state index is -0.584. The maximum atomic E-state index is 12.1. The van der Waals surface area contributed by atoms with Crippen LogP contribution in [0.25, 0.3) is 0 Å². The van der Waals surface area contributed by atoms with Crippen molar-refractivity contribution in [2.24, 2.45) is 0 Å². The largest absolute Gasteiger partial charge is 0.319 e. The molecule has 2 aromatic rings. The fraction of sp³-hybridized carbons (Fsp3) is 0. The van der Waals surface area contributed by atoms with Gasteiger partial charge in [0, 0.05) is 22.7 Å². The van der Waals surface area contributed by atoms with Crippen molar-refractivity contribution >= 4 is 52.1 Å². The Morgan fingerprint density at radius 3 is 2.29 bits per heavy atom. The molecule has 21 heavy (non-hydrogen) atoms. The Labute approximate surface area is 134 Å². The normalized spacial score (nSPS) is 10.2. The average Bonchev–Trinajstić information content (AvgIpc) is 2.42. The third kappa shape index (κ3) is 3.64. The van der Waals surface area contributed by atoms with E-state index in [0.717, 1.165) is 6.07 Å². The number of hydrogen-bond donors (Lipinski definition) is 1.